The molecule has 2 rings (SSSR count). The molecule has 0 spiro atoms. The Morgan fingerprint density at radius 2 is 2.33 bits per heavy atom. The summed E-state index contributed by atoms with van der Waals surface area (Å²) in [5.41, 5.74) is 0.0120. The molecule has 0 bridgehead atoms. The van der Waals surface area contributed by atoms with E-state index in [1.54, 1.807) is 7.11 Å². The standard InChI is InChI=1S/C10H15ClN2OS/c1-14-10(4-2-3-5-10)7-12-9-13-8(11)6-15-9/h6H,2-5,7H2,1H3,(H,12,13). The van der Waals surface area contributed by atoms with Crippen molar-refractivity contribution < 1.29 is 4.74 Å². The first kappa shape index (κ1) is 11.2. The van der Waals surface area contributed by atoms with E-state index in [0.29, 0.717) is 5.15 Å². The molecule has 0 amide bonds. The van der Waals surface area contributed by atoms with Crippen LogP contribution in [0.25, 0.3) is 0 Å². The highest BCUT2D eigenvalue weighted by Gasteiger charge is 2.33. The molecule has 84 valence electrons. The second-order valence-electron chi connectivity index (χ2n) is 3.92. The van der Waals surface area contributed by atoms with Crippen molar-refractivity contribution in [3.63, 3.8) is 0 Å². The van der Waals surface area contributed by atoms with Crippen LogP contribution >= 0.6 is 22.9 Å². The predicted octanol–water partition coefficient (Wildman–Crippen LogP) is 3.17. The number of anilines is 1. The van der Waals surface area contributed by atoms with Gasteiger partial charge < -0.3 is 10.1 Å². The average molecular weight is 247 g/mol. The van der Waals surface area contributed by atoms with E-state index >= 15 is 0 Å². The highest BCUT2D eigenvalue weighted by Crippen LogP contribution is 2.33. The summed E-state index contributed by atoms with van der Waals surface area (Å²) in [6.07, 6.45) is 4.79. The van der Waals surface area contributed by atoms with Gasteiger partial charge in [-0.05, 0) is 12.8 Å². The fourth-order valence-corrected chi connectivity index (χ4v) is 2.88. The second-order valence-corrected chi connectivity index (χ2v) is 5.17. The topological polar surface area (TPSA) is 34.1 Å². The van der Waals surface area contributed by atoms with E-state index in [9.17, 15) is 0 Å². The van der Waals surface area contributed by atoms with Crippen molar-refractivity contribution in [3.05, 3.63) is 10.5 Å². The molecular weight excluding hydrogens is 232 g/mol. The van der Waals surface area contributed by atoms with Gasteiger partial charge in [0.15, 0.2) is 5.13 Å². The minimum atomic E-state index is 0.0120. The van der Waals surface area contributed by atoms with Gasteiger partial charge in [-0.15, -0.1) is 11.3 Å². The zero-order valence-corrected chi connectivity index (χ0v) is 10.3. The zero-order chi connectivity index (χ0) is 10.7. The van der Waals surface area contributed by atoms with Gasteiger partial charge in [0.05, 0.1) is 5.60 Å². The van der Waals surface area contributed by atoms with Crippen molar-refractivity contribution in [1.29, 1.82) is 0 Å². The van der Waals surface area contributed by atoms with Gasteiger partial charge >= 0.3 is 0 Å². The Bertz CT molecular complexity index is 323. The van der Waals surface area contributed by atoms with Crippen LogP contribution < -0.4 is 5.32 Å². The summed E-state index contributed by atoms with van der Waals surface area (Å²) >= 11 is 7.28. The fourth-order valence-electron chi connectivity index (χ4n) is 2.04. The lowest BCUT2D eigenvalue weighted by atomic mass is 10.0. The maximum atomic E-state index is 5.75. The van der Waals surface area contributed by atoms with Gasteiger partial charge in [0.2, 0.25) is 0 Å². The fraction of sp³-hybridized carbons (Fsp3) is 0.700. The summed E-state index contributed by atoms with van der Waals surface area (Å²) in [5, 5.41) is 6.56. The van der Waals surface area contributed by atoms with Crippen molar-refractivity contribution in [2.45, 2.75) is 31.3 Å². The molecule has 1 aromatic rings. The molecule has 0 aromatic carbocycles. The van der Waals surface area contributed by atoms with Gasteiger partial charge in [0, 0.05) is 19.0 Å². The minimum absolute atomic E-state index is 0.0120. The first-order valence-corrected chi connectivity index (χ1v) is 6.40. The molecule has 0 atom stereocenters. The zero-order valence-electron chi connectivity index (χ0n) is 8.75. The summed E-state index contributed by atoms with van der Waals surface area (Å²) in [6, 6.07) is 0. The van der Waals surface area contributed by atoms with Crippen LogP contribution in [0.4, 0.5) is 5.13 Å². The van der Waals surface area contributed by atoms with Crippen LogP contribution in [0.2, 0.25) is 5.15 Å². The Hall–Kier alpha value is -0.320. The van der Waals surface area contributed by atoms with Crippen LogP contribution in [-0.4, -0.2) is 24.2 Å². The molecule has 1 aromatic heterocycles. The third-order valence-electron chi connectivity index (χ3n) is 2.99. The Kier molecular flexibility index (Phi) is 3.49. The monoisotopic (exact) mass is 246 g/mol. The maximum absolute atomic E-state index is 5.75. The number of nitrogens with zero attached hydrogens (tertiary/aromatic N) is 1. The maximum Gasteiger partial charge on any atom is 0.184 e. The van der Waals surface area contributed by atoms with Crippen LogP contribution in [0.15, 0.2) is 5.38 Å². The Morgan fingerprint density at radius 1 is 1.60 bits per heavy atom. The molecule has 3 nitrogen and oxygen atoms in total. The van der Waals surface area contributed by atoms with Gasteiger partial charge in [-0.1, -0.05) is 24.4 Å². The van der Waals surface area contributed by atoms with Crippen molar-refractivity contribution in [2.75, 3.05) is 19.0 Å². The quantitative estimate of drug-likeness (QED) is 0.886. The first-order valence-electron chi connectivity index (χ1n) is 5.14. The van der Waals surface area contributed by atoms with Crippen molar-refractivity contribution >= 4 is 28.1 Å². The van der Waals surface area contributed by atoms with Crippen LogP contribution in [0.5, 0.6) is 0 Å². The van der Waals surface area contributed by atoms with E-state index in [0.717, 1.165) is 24.5 Å². The first-order chi connectivity index (χ1) is 7.24. The molecule has 0 aliphatic heterocycles. The molecule has 1 fully saturated rings. The molecule has 0 saturated heterocycles. The number of rotatable bonds is 4. The molecule has 1 saturated carbocycles. The van der Waals surface area contributed by atoms with Gasteiger partial charge in [0.25, 0.3) is 0 Å². The molecule has 1 N–H and O–H groups in total. The van der Waals surface area contributed by atoms with E-state index in [-0.39, 0.29) is 5.60 Å². The molecule has 5 heteroatoms. The lowest BCUT2D eigenvalue weighted by Gasteiger charge is -2.27. The SMILES string of the molecule is COC1(CNc2nc(Cl)cs2)CCCC1. The molecule has 1 heterocycles. The molecule has 15 heavy (non-hydrogen) atoms. The van der Waals surface area contributed by atoms with Crippen LogP contribution in [0.3, 0.4) is 0 Å². The van der Waals surface area contributed by atoms with Gasteiger partial charge in [-0.3, -0.25) is 0 Å². The number of aromatic nitrogens is 1. The predicted molar refractivity (Wildman–Crippen MR) is 63.8 cm³/mol. The van der Waals surface area contributed by atoms with Crippen molar-refractivity contribution in [1.82, 2.24) is 4.98 Å². The van der Waals surface area contributed by atoms with E-state index in [1.807, 2.05) is 5.38 Å². The minimum Gasteiger partial charge on any atom is -0.376 e. The average Bonchev–Trinajstić information content (AvgIpc) is 2.85. The normalized spacial score (nSPS) is 19.3. The number of hydrogen-bond acceptors (Lipinski definition) is 4. The molecule has 0 unspecified atom stereocenters. The van der Waals surface area contributed by atoms with Crippen LogP contribution in [-0.2, 0) is 4.74 Å². The highest BCUT2D eigenvalue weighted by molar-refractivity contribution is 7.14. The number of thiazole rings is 1. The number of ether oxygens (including phenoxy) is 1. The van der Waals surface area contributed by atoms with Crippen LogP contribution in [0, 0.1) is 0 Å². The Balaban J connectivity index is 1.91. The lowest BCUT2D eigenvalue weighted by Crippen LogP contribution is -2.35. The highest BCUT2D eigenvalue weighted by atomic mass is 35.5. The van der Waals surface area contributed by atoms with Crippen LogP contribution in [0.1, 0.15) is 25.7 Å². The Morgan fingerprint density at radius 3 is 2.87 bits per heavy atom. The number of nitrogens with one attached hydrogen (secondary N) is 1. The summed E-state index contributed by atoms with van der Waals surface area (Å²) in [7, 11) is 1.79. The molecule has 1 aliphatic carbocycles. The summed E-state index contributed by atoms with van der Waals surface area (Å²) < 4.78 is 5.61. The lowest BCUT2D eigenvalue weighted by molar-refractivity contribution is 0.00742. The molecular formula is C10H15ClN2OS. The van der Waals surface area contributed by atoms with E-state index in [4.69, 9.17) is 16.3 Å². The smallest absolute Gasteiger partial charge is 0.184 e. The second kappa shape index (κ2) is 4.68. The molecule has 0 radical (unpaired) electrons. The third-order valence-corrected chi connectivity index (χ3v) is 4.11. The summed E-state index contributed by atoms with van der Waals surface area (Å²) in [6.45, 7) is 0.827. The van der Waals surface area contributed by atoms with Gasteiger partial charge in [-0.2, -0.15) is 0 Å². The summed E-state index contributed by atoms with van der Waals surface area (Å²) in [5.74, 6) is 0. The molecule has 1 aliphatic rings. The van der Waals surface area contributed by atoms with Crippen molar-refractivity contribution in [2.24, 2.45) is 0 Å². The van der Waals surface area contributed by atoms with E-state index in [1.165, 1.54) is 24.2 Å². The van der Waals surface area contributed by atoms with Gasteiger partial charge in [0.1, 0.15) is 5.15 Å². The largest absolute Gasteiger partial charge is 0.376 e. The third kappa shape index (κ3) is 2.62. The van der Waals surface area contributed by atoms with Crippen molar-refractivity contribution in [3.8, 4) is 0 Å². The van der Waals surface area contributed by atoms with Gasteiger partial charge in [-0.25, -0.2) is 4.98 Å². The number of halogens is 1. The number of methoxy groups -OCH3 is 1. The summed E-state index contributed by atoms with van der Waals surface area (Å²) in [4.78, 5) is 4.15. The number of hydrogen-bond donors (Lipinski definition) is 1. The van der Waals surface area contributed by atoms with E-state index < -0.39 is 0 Å². The Labute approximate surface area is 98.8 Å². The van der Waals surface area contributed by atoms with E-state index in [2.05, 4.69) is 10.3 Å².